The van der Waals surface area contributed by atoms with Gasteiger partial charge in [0.25, 0.3) is 0 Å². The molecule has 0 aliphatic carbocycles. The molecule has 0 aliphatic heterocycles. The van der Waals surface area contributed by atoms with Gasteiger partial charge in [0.05, 0.1) is 12.2 Å². The van der Waals surface area contributed by atoms with Crippen LogP contribution in [0.15, 0.2) is 17.3 Å². The van der Waals surface area contributed by atoms with Gasteiger partial charge < -0.3 is 20.4 Å². The number of pyridine rings is 1. The second-order valence-corrected chi connectivity index (χ2v) is 3.88. The van der Waals surface area contributed by atoms with E-state index >= 15 is 0 Å². The van der Waals surface area contributed by atoms with Gasteiger partial charge in [-0.2, -0.15) is 0 Å². The molecule has 0 fully saturated rings. The van der Waals surface area contributed by atoms with Crippen LogP contribution in [-0.4, -0.2) is 35.3 Å². The average Bonchev–Trinajstić information content (AvgIpc) is 2.35. The maximum atomic E-state index is 8.71. The summed E-state index contributed by atoms with van der Waals surface area (Å²) in [6.45, 7) is 6.72. The van der Waals surface area contributed by atoms with Crippen molar-refractivity contribution in [2.24, 2.45) is 10.9 Å². The summed E-state index contributed by atoms with van der Waals surface area (Å²) in [5.74, 6) is 0.318. The van der Waals surface area contributed by atoms with E-state index in [0.29, 0.717) is 24.7 Å². The second kappa shape index (κ2) is 6.80. The third-order valence-electron chi connectivity index (χ3n) is 2.25. The highest BCUT2D eigenvalue weighted by atomic mass is 16.5. The molecule has 6 heteroatoms. The smallest absolute Gasteiger partial charge is 0.225 e. The fourth-order valence-electron chi connectivity index (χ4n) is 1.38. The van der Waals surface area contributed by atoms with Gasteiger partial charge >= 0.3 is 0 Å². The van der Waals surface area contributed by atoms with Crippen molar-refractivity contribution in [2.75, 3.05) is 13.2 Å². The summed E-state index contributed by atoms with van der Waals surface area (Å²) in [4.78, 5) is 4.24. The molecule has 0 aliphatic rings. The molecule has 1 aromatic rings. The maximum absolute atomic E-state index is 8.71. The molecule has 0 spiro atoms. The van der Waals surface area contributed by atoms with Crippen LogP contribution in [0, 0.1) is 6.92 Å². The molecule has 0 saturated heterocycles. The Labute approximate surface area is 106 Å². The van der Waals surface area contributed by atoms with Gasteiger partial charge in [-0.1, -0.05) is 5.16 Å². The normalized spacial score (nSPS) is 13.4. The molecule has 100 valence electrons. The number of amidine groups is 1. The van der Waals surface area contributed by atoms with Crippen LogP contribution in [-0.2, 0) is 4.74 Å². The number of oxime groups is 1. The maximum Gasteiger partial charge on any atom is 0.225 e. The Bertz CT molecular complexity index is 421. The molecule has 0 amide bonds. The lowest BCUT2D eigenvalue weighted by molar-refractivity contribution is 0.0631. The van der Waals surface area contributed by atoms with E-state index in [9.17, 15) is 0 Å². The number of aromatic nitrogens is 1. The van der Waals surface area contributed by atoms with Crippen LogP contribution in [0.1, 0.15) is 25.1 Å². The summed E-state index contributed by atoms with van der Waals surface area (Å²) in [7, 11) is 0. The van der Waals surface area contributed by atoms with Crippen molar-refractivity contribution < 1.29 is 14.7 Å². The first-order valence-electron chi connectivity index (χ1n) is 5.78. The summed E-state index contributed by atoms with van der Waals surface area (Å²) in [5.41, 5.74) is 6.83. The molecule has 1 rings (SSSR count). The highest BCUT2D eigenvalue weighted by Gasteiger charge is 2.13. The molecule has 0 aromatic carbocycles. The monoisotopic (exact) mass is 253 g/mol. The molecule has 0 saturated carbocycles. The first-order valence-corrected chi connectivity index (χ1v) is 5.78. The van der Waals surface area contributed by atoms with Crippen molar-refractivity contribution in [3.8, 4) is 5.88 Å². The summed E-state index contributed by atoms with van der Waals surface area (Å²) in [5, 5.41) is 11.7. The van der Waals surface area contributed by atoms with Gasteiger partial charge in [0.1, 0.15) is 6.10 Å². The molecular weight excluding hydrogens is 234 g/mol. The van der Waals surface area contributed by atoms with Crippen LogP contribution in [0.2, 0.25) is 0 Å². The molecular formula is C12H19N3O3. The zero-order valence-corrected chi connectivity index (χ0v) is 10.9. The topological polar surface area (TPSA) is 90.0 Å². The van der Waals surface area contributed by atoms with Crippen LogP contribution in [0.3, 0.4) is 0 Å². The van der Waals surface area contributed by atoms with Crippen molar-refractivity contribution in [1.82, 2.24) is 4.98 Å². The van der Waals surface area contributed by atoms with Crippen LogP contribution < -0.4 is 10.5 Å². The molecule has 0 radical (unpaired) electrons. The van der Waals surface area contributed by atoms with Gasteiger partial charge in [0, 0.05) is 12.3 Å². The Morgan fingerprint density at radius 1 is 1.56 bits per heavy atom. The van der Waals surface area contributed by atoms with Gasteiger partial charge in [-0.05, 0) is 32.9 Å². The molecule has 18 heavy (non-hydrogen) atoms. The Balaban J connectivity index is 2.88. The van der Waals surface area contributed by atoms with Crippen molar-refractivity contribution in [3.05, 3.63) is 23.4 Å². The number of hydrogen-bond acceptors (Lipinski definition) is 5. The Morgan fingerprint density at radius 3 is 2.89 bits per heavy atom. The lowest BCUT2D eigenvalue weighted by atomic mass is 10.2. The van der Waals surface area contributed by atoms with Gasteiger partial charge in [0.2, 0.25) is 5.88 Å². The number of aryl methyl sites for hydroxylation is 1. The summed E-state index contributed by atoms with van der Waals surface area (Å²) >= 11 is 0. The number of nitrogens with two attached hydrogens (primary N) is 1. The van der Waals surface area contributed by atoms with Crippen LogP contribution >= 0.6 is 0 Å². The summed E-state index contributed by atoms with van der Waals surface area (Å²) in [6, 6.07) is 3.48. The Morgan fingerprint density at radius 2 is 2.28 bits per heavy atom. The van der Waals surface area contributed by atoms with E-state index in [1.807, 2.05) is 20.8 Å². The zero-order valence-electron chi connectivity index (χ0n) is 10.9. The van der Waals surface area contributed by atoms with Crippen molar-refractivity contribution in [3.63, 3.8) is 0 Å². The first-order chi connectivity index (χ1) is 8.58. The van der Waals surface area contributed by atoms with Crippen molar-refractivity contribution in [1.29, 1.82) is 0 Å². The lowest BCUT2D eigenvalue weighted by Gasteiger charge is -2.16. The zero-order chi connectivity index (χ0) is 13.5. The van der Waals surface area contributed by atoms with Gasteiger partial charge in [-0.15, -0.1) is 0 Å². The molecule has 1 atom stereocenters. The van der Waals surface area contributed by atoms with Crippen LogP contribution in [0.5, 0.6) is 5.88 Å². The predicted octanol–water partition coefficient (Wildman–Crippen LogP) is 1.29. The molecule has 1 unspecified atom stereocenters. The molecule has 1 aromatic heterocycles. The predicted molar refractivity (Wildman–Crippen MR) is 68.1 cm³/mol. The number of nitrogens with zero attached hydrogens (tertiary/aromatic N) is 2. The molecule has 0 bridgehead atoms. The number of ether oxygens (including phenoxy) is 2. The van der Waals surface area contributed by atoms with Gasteiger partial charge in [-0.25, -0.2) is 4.98 Å². The summed E-state index contributed by atoms with van der Waals surface area (Å²) in [6.07, 6.45) is -0.163. The van der Waals surface area contributed by atoms with E-state index in [4.69, 9.17) is 20.4 Å². The van der Waals surface area contributed by atoms with Crippen LogP contribution in [0.25, 0.3) is 0 Å². The minimum absolute atomic E-state index is 0.0268. The van der Waals surface area contributed by atoms with Crippen molar-refractivity contribution in [2.45, 2.75) is 26.9 Å². The Kier molecular flexibility index (Phi) is 5.38. The minimum Gasteiger partial charge on any atom is -0.472 e. The first kappa shape index (κ1) is 14.2. The van der Waals surface area contributed by atoms with E-state index in [0.717, 1.165) is 5.69 Å². The Hall–Kier alpha value is -1.82. The quantitative estimate of drug-likeness (QED) is 0.345. The second-order valence-electron chi connectivity index (χ2n) is 3.88. The van der Waals surface area contributed by atoms with Gasteiger partial charge in [-0.3, -0.25) is 0 Å². The van der Waals surface area contributed by atoms with E-state index in [-0.39, 0.29) is 11.9 Å². The summed E-state index contributed by atoms with van der Waals surface area (Å²) < 4.78 is 10.9. The van der Waals surface area contributed by atoms with Crippen molar-refractivity contribution >= 4 is 5.84 Å². The molecule has 1 heterocycles. The van der Waals surface area contributed by atoms with E-state index < -0.39 is 0 Å². The standard InChI is InChI=1S/C12H19N3O3/c1-4-17-7-9(3)18-12-10(11(13)15-16)6-5-8(2)14-12/h5-6,9,16H,4,7H2,1-3H3,(H2,13,15). The third-order valence-corrected chi connectivity index (χ3v) is 2.25. The number of hydrogen-bond donors (Lipinski definition) is 2. The average molecular weight is 253 g/mol. The van der Waals surface area contributed by atoms with E-state index in [1.165, 1.54) is 0 Å². The van der Waals surface area contributed by atoms with E-state index in [2.05, 4.69) is 10.1 Å². The fraction of sp³-hybridized carbons (Fsp3) is 0.500. The highest BCUT2D eigenvalue weighted by Crippen LogP contribution is 2.17. The van der Waals surface area contributed by atoms with E-state index in [1.54, 1.807) is 12.1 Å². The lowest BCUT2D eigenvalue weighted by Crippen LogP contribution is -2.23. The van der Waals surface area contributed by atoms with Gasteiger partial charge in [0.15, 0.2) is 5.84 Å². The largest absolute Gasteiger partial charge is 0.472 e. The number of rotatable bonds is 6. The SMILES string of the molecule is CCOCC(C)Oc1nc(C)ccc1/C(N)=N/O. The molecule has 3 N–H and O–H groups in total. The fourth-order valence-corrected chi connectivity index (χ4v) is 1.38. The minimum atomic E-state index is -0.163. The highest BCUT2D eigenvalue weighted by molar-refractivity contribution is 5.99. The van der Waals surface area contributed by atoms with Crippen LogP contribution in [0.4, 0.5) is 0 Å². The molecule has 6 nitrogen and oxygen atoms in total. The third kappa shape index (κ3) is 3.89.